The number of nitrogens with zero attached hydrogens (tertiary/aromatic N) is 1. The fourth-order valence-electron chi connectivity index (χ4n) is 4.32. The summed E-state index contributed by atoms with van der Waals surface area (Å²) < 4.78 is 33.5. The summed E-state index contributed by atoms with van der Waals surface area (Å²) in [6.45, 7) is -0.282. The highest BCUT2D eigenvalue weighted by Crippen LogP contribution is 2.34. The molecule has 31 heavy (non-hydrogen) atoms. The van der Waals surface area contributed by atoms with Crippen molar-refractivity contribution < 1.29 is 23.4 Å². The molecule has 1 aliphatic carbocycles. The van der Waals surface area contributed by atoms with Crippen molar-refractivity contribution in [1.29, 1.82) is 0 Å². The Kier molecular flexibility index (Phi) is 6.28. The van der Waals surface area contributed by atoms with Gasteiger partial charge in [-0.3, -0.25) is 9.78 Å². The van der Waals surface area contributed by atoms with Gasteiger partial charge in [0.05, 0.1) is 11.2 Å². The van der Waals surface area contributed by atoms with Crippen molar-refractivity contribution in [2.24, 2.45) is 0 Å². The quantitative estimate of drug-likeness (QED) is 0.467. The molecule has 4 rings (SSSR count). The Morgan fingerprint density at radius 3 is 2.52 bits per heavy atom. The van der Waals surface area contributed by atoms with E-state index >= 15 is 0 Å². The van der Waals surface area contributed by atoms with Gasteiger partial charge in [-0.05, 0) is 49.9 Å². The van der Waals surface area contributed by atoms with Gasteiger partial charge in [0, 0.05) is 23.6 Å². The summed E-state index contributed by atoms with van der Waals surface area (Å²) >= 11 is 0. The number of benzene rings is 2. The summed E-state index contributed by atoms with van der Waals surface area (Å²) in [6.07, 6.45) is 6.83. The van der Waals surface area contributed by atoms with E-state index < -0.39 is 17.2 Å². The highest BCUT2D eigenvalue weighted by Gasteiger charge is 2.30. The zero-order chi connectivity index (χ0) is 21.8. The number of aromatic nitrogens is 1. The van der Waals surface area contributed by atoms with Crippen LogP contribution in [-0.4, -0.2) is 21.5 Å². The van der Waals surface area contributed by atoms with Gasteiger partial charge in [0.15, 0.2) is 5.78 Å². The molecule has 1 aliphatic rings. The minimum atomic E-state index is -0.673. The van der Waals surface area contributed by atoms with E-state index in [9.17, 15) is 18.7 Å². The lowest BCUT2D eigenvalue weighted by Gasteiger charge is -2.21. The standard InChI is InChI=1S/C25H25F2NO3/c26-20-7-4-8-21(27)19(20)16-31-23-10-3-6-18-17(11-15-28-24(18)23)22(29)9-5-14-25(30)12-1-2-13-25/h3-4,6-8,10-11,15,30H,1-2,5,9,12-14,16H2. The second kappa shape index (κ2) is 9.10. The molecule has 1 N–H and O–H groups in total. The normalized spacial score (nSPS) is 15.3. The van der Waals surface area contributed by atoms with Crippen molar-refractivity contribution in [3.8, 4) is 5.75 Å². The first-order valence-corrected chi connectivity index (χ1v) is 10.7. The molecule has 0 spiro atoms. The Morgan fingerprint density at radius 2 is 1.77 bits per heavy atom. The second-order valence-corrected chi connectivity index (χ2v) is 8.21. The molecule has 0 atom stereocenters. The van der Waals surface area contributed by atoms with Crippen LogP contribution in [0, 0.1) is 11.6 Å². The Labute approximate surface area is 179 Å². The van der Waals surface area contributed by atoms with E-state index in [1.165, 1.54) is 24.4 Å². The first-order valence-electron chi connectivity index (χ1n) is 10.7. The lowest BCUT2D eigenvalue weighted by Crippen LogP contribution is -2.23. The zero-order valence-corrected chi connectivity index (χ0v) is 17.2. The van der Waals surface area contributed by atoms with Crippen LogP contribution in [0.25, 0.3) is 10.9 Å². The van der Waals surface area contributed by atoms with E-state index in [1.807, 2.05) is 0 Å². The number of ether oxygens (including phenoxy) is 1. The Bertz CT molecular complexity index is 1070. The van der Waals surface area contributed by atoms with Crippen molar-refractivity contribution in [2.75, 3.05) is 0 Å². The van der Waals surface area contributed by atoms with Crippen LogP contribution in [-0.2, 0) is 6.61 Å². The summed E-state index contributed by atoms with van der Waals surface area (Å²) in [7, 11) is 0. The van der Waals surface area contributed by atoms with E-state index in [0.29, 0.717) is 41.5 Å². The van der Waals surface area contributed by atoms with E-state index in [4.69, 9.17) is 4.74 Å². The van der Waals surface area contributed by atoms with Crippen molar-refractivity contribution in [3.63, 3.8) is 0 Å². The fourth-order valence-corrected chi connectivity index (χ4v) is 4.32. The Morgan fingerprint density at radius 1 is 1.06 bits per heavy atom. The van der Waals surface area contributed by atoms with Crippen LogP contribution in [0.5, 0.6) is 5.75 Å². The monoisotopic (exact) mass is 425 g/mol. The van der Waals surface area contributed by atoms with Gasteiger partial charge in [0.1, 0.15) is 29.5 Å². The minimum absolute atomic E-state index is 0.0219. The van der Waals surface area contributed by atoms with E-state index in [0.717, 1.165) is 25.7 Å². The molecule has 6 heteroatoms. The maximum atomic E-state index is 13.9. The van der Waals surface area contributed by atoms with Crippen LogP contribution in [0.15, 0.2) is 48.7 Å². The molecule has 2 aromatic carbocycles. The highest BCUT2D eigenvalue weighted by molar-refractivity contribution is 6.08. The number of halogens is 2. The minimum Gasteiger partial charge on any atom is -0.486 e. The number of hydrogen-bond acceptors (Lipinski definition) is 4. The van der Waals surface area contributed by atoms with E-state index in [2.05, 4.69) is 4.98 Å². The van der Waals surface area contributed by atoms with Gasteiger partial charge in [-0.25, -0.2) is 8.78 Å². The molecule has 1 aromatic heterocycles. The number of Topliss-reactive ketones (excluding diaryl/α,β-unsaturated/α-hetero) is 1. The smallest absolute Gasteiger partial charge is 0.163 e. The lowest BCUT2D eigenvalue weighted by atomic mass is 9.93. The summed E-state index contributed by atoms with van der Waals surface area (Å²) in [5, 5.41) is 11.1. The number of fused-ring (bicyclic) bond motifs is 1. The Hall–Kier alpha value is -2.86. The first-order chi connectivity index (χ1) is 15.0. The van der Waals surface area contributed by atoms with Crippen LogP contribution in [0.4, 0.5) is 8.78 Å². The molecular formula is C25H25F2NO3. The predicted molar refractivity (Wildman–Crippen MR) is 114 cm³/mol. The molecule has 1 fully saturated rings. The van der Waals surface area contributed by atoms with Gasteiger partial charge in [-0.15, -0.1) is 0 Å². The highest BCUT2D eigenvalue weighted by atomic mass is 19.1. The number of pyridine rings is 1. The first kappa shape index (κ1) is 21.4. The number of hydrogen-bond donors (Lipinski definition) is 1. The summed E-state index contributed by atoms with van der Waals surface area (Å²) in [5.74, 6) is -1.01. The summed E-state index contributed by atoms with van der Waals surface area (Å²) in [4.78, 5) is 17.2. The molecule has 0 amide bonds. The number of carbonyl (C=O) groups is 1. The number of ketones is 1. The van der Waals surface area contributed by atoms with Crippen LogP contribution < -0.4 is 4.74 Å². The average molecular weight is 425 g/mol. The van der Waals surface area contributed by atoms with Crippen molar-refractivity contribution in [2.45, 2.75) is 57.2 Å². The molecule has 1 heterocycles. The lowest BCUT2D eigenvalue weighted by molar-refractivity contribution is 0.0363. The van der Waals surface area contributed by atoms with Gasteiger partial charge in [0.2, 0.25) is 0 Å². The van der Waals surface area contributed by atoms with E-state index in [-0.39, 0.29) is 18.0 Å². The summed E-state index contributed by atoms with van der Waals surface area (Å²) in [6, 6.07) is 10.5. The van der Waals surface area contributed by atoms with Gasteiger partial charge >= 0.3 is 0 Å². The second-order valence-electron chi connectivity index (χ2n) is 8.21. The van der Waals surface area contributed by atoms with Crippen LogP contribution in [0.2, 0.25) is 0 Å². The molecule has 1 saturated carbocycles. The predicted octanol–water partition coefficient (Wildman–Crippen LogP) is 5.75. The molecule has 0 bridgehead atoms. The molecule has 3 aromatic rings. The molecule has 0 radical (unpaired) electrons. The zero-order valence-electron chi connectivity index (χ0n) is 17.2. The molecule has 0 saturated heterocycles. The number of rotatable bonds is 8. The number of carbonyl (C=O) groups excluding carboxylic acids is 1. The largest absolute Gasteiger partial charge is 0.486 e. The maximum absolute atomic E-state index is 13.9. The van der Waals surface area contributed by atoms with E-state index in [1.54, 1.807) is 24.3 Å². The number of para-hydroxylation sites is 1. The van der Waals surface area contributed by atoms with Crippen molar-refractivity contribution in [3.05, 3.63) is 71.4 Å². The van der Waals surface area contributed by atoms with Crippen LogP contribution in [0.3, 0.4) is 0 Å². The third kappa shape index (κ3) is 4.74. The third-order valence-corrected chi connectivity index (χ3v) is 6.05. The molecular weight excluding hydrogens is 400 g/mol. The third-order valence-electron chi connectivity index (χ3n) is 6.05. The van der Waals surface area contributed by atoms with Crippen LogP contribution >= 0.6 is 0 Å². The van der Waals surface area contributed by atoms with Gasteiger partial charge in [0.25, 0.3) is 0 Å². The Balaban J connectivity index is 1.50. The van der Waals surface area contributed by atoms with Crippen molar-refractivity contribution >= 4 is 16.7 Å². The average Bonchev–Trinajstić information content (AvgIpc) is 3.19. The summed E-state index contributed by atoms with van der Waals surface area (Å²) in [5.41, 5.74) is 0.228. The SMILES string of the molecule is O=C(CCCC1(O)CCCC1)c1ccnc2c(OCc3c(F)cccc3F)cccc12. The topological polar surface area (TPSA) is 59.4 Å². The molecule has 0 unspecified atom stereocenters. The fraction of sp³-hybridized carbons (Fsp3) is 0.360. The number of aliphatic hydroxyl groups is 1. The molecule has 0 aliphatic heterocycles. The van der Waals surface area contributed by atoms with Gasteiger partial charge in [-0.1, -0.05) is 31.0 Å². The van der Waals surface area contributed by atoms with Gasteiger partial charge in [-0.2, -0.15) is 0 Å². The van der Waals surface area contributed by atoms with Gasteiger partial charge < -0.3 is 9.84 Å². The van der Waals surface area contributed by atoms with Crippen LogP contribution in [0.1, 0.15) is 60.9 Å². The molecule has 162 valence electrons. The van der Waals surface area contributed by atoms with Crippen molar-refractivity contribution in [1.82, 2.24) is 4.98 Å². The maximum Gasteiger partial charge on any atom is 0.163 e. The molecule has 4 nitrogen and oxygen atoms in total.